The Morgan fingerprint density at radius 3 is 2.67 bits per heavy atom. The Hall–Kier alpha value is -1.82. The van der Waals surface area contributed by atoms with Crippen LogP contribution in [0.2, 0.25) is 0 Å². The lowest BCUT2D eigenvalue weighted by atomic mass is 10.0. The van der Waals surface area contributed by atoms with Crippen LogP contribution in [0, 0.1) is 0 Å². The number of nitrogens with zero attached hydrogens (tertiary/aromatic N) is 2. The molecule has 116 valence electrons. The predicted molar refractivity (Wildman–Crippen MR) is 80.9 cm³/mol. The van der Waals surface area contributed by atoms with Crippen LogP contribution in [0.4, 0.5) is 0 Å². The van der Waals surface area contributed by atoms with Crippen LogP contribution in [0.15, 0.2) is 18.3 Å². The number of carbonyl (C=O) groups is 2. The predicted octanol–water partition coefficient (Wildman–Crippen LogP) is 0.749. The monoisotopic (exact) mass is 292 g/mol. The second-order valence-corrected chi connectivity index (χ2v) is 5.77. The summed E-state index contributed by atoms with van der Waals surface area (Å²) in [7, 11) is 0. The van der Waals surface area contributed by atoms with Crippen LogP contribution in [0.25, 0.3) is 0 Å². The van der Waals surface area contributed by atoms with Gasteiger partial charge in [-0.15, -0.1) is 0 Å². The molecule has 1 saturated heterocycles. The fraction of sp³-hybridized carbons (Fsp3) is 0.600. The molecule has 2 rings (SSSR count). The summed E-state index contributed by atoms with van der Waals surface area (Å²) in [6, 6.07) is 3.93. The lowest BCUT2D eigenvalue weighted by Crippen LogP contribution is -2.49. The van der Waals surface area contributed by atoms with Crippen molar-refractivity contribution in [2.75, 3.05) is 19.6 Å². The average molecular weight is 292 g/mol. The summed E-state index contributed by atoms with van der Waals surface area (Å²) in [4.78, 5) is 25.8. The van der Waals surface area contributed by atoms with Crippen molar-refractivity contribution in [1.29, 1.82) is 0 Å². The normalized spacial score (nSPS) is 16.1. The molecule has 0 aromatic carbocycles. The molecule has 0 saturated carbocycles. The zero-order valence-corrected chi connectivity index (χ0v) is 12.7. The maximum Gasteiger partial charge on any atom is 0.271 e. The van der Waals surface area contributed by atoms with Crippen LogP contribution in [-0.4, -0.2) is 47.0 Å². The van der Waals surface area contributed by atoms with Gasteiger partial charge in [-0.25, -0.2) is 0 Å². The number of primary amides is 1. The zero-order valence-electron chi connectivity index (χ0n) is 12.7. The van der Waals surface area contributed by atoms with Gasteiger partial charge in [0.2, 0.25) is 5.91 Å². The van der Waals surface area contributed by atoms with E-state index in [1.807, 2.05) is 30.7 Å². The molecule has 1 aromatic heterocycles. The van der Waals surface area contributed by atoms with Crippen LogP contribution >= 0.6 is 0 Å². The van der Waals surface area contributed by atoms with Crippen molar-refractivity contribution >= 4 is 11.8 Å². The van der Waals surface area contributed by atoms with Gasteiger partial charge in [-0.2, -0.15) is 0 Å². The molecule has 21 heavy (non-hydrogen) atoms. The third kappa shape index (κ3) is 3.64. The minimum Gasteiger partial charge on any atom is -0.368 e. The van der Waals surface area contributed by atoms with Gasteiger partial charge in [-0.1, -0.05) is 0 Å². The van der Waals surface area contributed by atoms with Gasteiger partial charge in [0.15, 0.2) is 0 Å². The highest BCUT2D eigenvalue weighted by molar-refractivity contribution is 5.95. The Bertz CT molecular complexity index is 504. The van der Waals surface area contributed by atoms with E-state index in [9.17, 15) is 9.59 Å². The molecule has 0 spiro atoms. The first kappa shape index (κ1) is 15.6. The van der Waals surface area contributed by atoms with E-state index in [2.05, 4.69) is 5.32 Å². The molecule has 1 aliphatic heterocycles. The number of nitrogens with two attached hydrogens (primary N) is 1. The molecule has 3 N–H and O–H groups in total. The first-order chi connectivity index (χ1) is 10.0. The molecule has 6 nitrogen and oxygen atoms in total. The fourth-order valence-corrected chi connectivity index (χ4v) is 2.83. The lowest BCUT2D eigenvalue weighted by molar-refractivity contribution is -0.119. The summed E-state index contributed by atoms with van der Waals surface area (Å²) in [5.41, 5.74) is 5.95. The quantitative estimate of drug-likeness (QED) is 0.840. The molecule has 0 unspecified atom stereocenters. The van der Waals surface area contributed by atoms with Gasteiger partial charge in [0.1, 0.15) is 5.69 Å². The Kier molecular flexibility index (Phi) is 5.01. The maximum atomic E-state index is 12.8. The molecule has 1 aromatic rings. The second kappa shape index (κ2) is 6.76. The van der Waals surface area contributed by atoms with E-state index in [1.165, 1.54) is 0 Å². The van der Waals surface area contributed by atoms with Crippen molar-refractivity contribution < 1.29 is 9.59 Å². The summed E-state index contributed by atoms with van der Waals surface area (Å²) in [6.45, 7) is 5.75. The Morgan fingerprint density at radius 2 is 2.10 bits per heavy atom. The van der Waals surface area contributed by atoms with Gasteiger partial charge in [0, 0.05) is 18.3 Å². The summed E-state index contributed by atoms with van der Waals surface area (Å²) >= 11 is 0. The van der Waals surface area contributed by atoms with Crippen LogP contribution in [0.1, 0.15) is 43.2 Å². The third-order valence-electron chi connectivity index (χ3n) is 3.89. The minimum absolute atomic E-state index is 0.0211. The molecule has 1 fully saturated rings. The lowest BCUT2D eigenvalue weighted by Gasteiger charge is -2.34. The number of carbonyl (C=O) groups excluding carboxylic acids is 2. The van der Waals surface area contributed by atoms with E-state index >= 15 is 0 Å². The second-order valence-electron chi connectivity index (χ2n) is 5.77. The van der Waals surface area contributed by atoms with E-state index < -0.39 is 5.91 Å². The third-order valence-corrected chi connectivity index (χ3v) is 3.89. The van der Waals surface area contributed by atoms with E-state index in [-0.39, 0.29) is 24.5 Å². The molecule has 1 aliphatic rings. The fourth-order valence-electron chi connectivity index (χ4n) is 2.83. The highest BCUT2D eigenvalue weighted by Gasteiger charge is 2.29. The van der Waals surface area contributed by atoms with Crippen molar-refractivity contribution in [2.24, 2.45) is 5.73 Å². The number of hydrogen-bond acceptors (Lipinski definition) is 3. The van der Waals surface area contributed by atoms with Crippen molar-refractivity contribution in [2.45, 2.75) is 38.8 Å². The zero-order chi connectivity index (χ0) is 15.4. The van der Waals surface area contributed by atoms with Crippen LogP contribution < -0.4 is 11.1 Å². The SMILES string of the molecule is CC(C)n1cccc1C(=O)N(CC(N)=O)C1CCNCC1. The minimum atomic E-state index is -0.468. The van der Waals surface area contributed by atoms with Crippen LogP contribution in [0.3, 0.4) is 0 Å². The molecular formula is C15H24N4O2. The number of rotatable bonds is 5. The molecule has 6 heteroatoms. The Labute approximate surface area is 125 Å². The summed E-state index contributed by atoms with van der Waals surface area (Å²) in [5.74, 6) is -0.580. The van der Waals surface area contributed by atoms with Gasteiger partial charge in [-0.3, -0.25) is 9.59 Å². The van der Waals surface area contributed by atoms with Gasteiger partial charge in [-0.05, 0) is 51.9 Å². The number of hydrogen-bond donors (Lipinski definition) is 2. The summed E-state index contributed by atoms with van der Waals surface area (Å²) in [6.07, 6.45) is 3.59. The smallest absolute Gasteiger partial charge is 0.271 e. The maximum absolute atomic E-state index is 12.8. The number of aromatic nitrogens is 1. The van der Waals surface area contributed by atoms with Crippen molar-refractivity contribution in [3.05, 3.63) is 24.0 Å². The molecule has 2 heterocycles. The molecule has 0 bridgehead atoms. The van der Waals surface area contributed by atoms with Gasteiger partial charge >= 0.3 is 0 Å². The largest absolute Gasteiger partial charge is 0.368 e. The first-order valence-electron chi connectivity index (χ1n) is 7.47. The molecule has 0 atom stereocenters. The van der Waals surface area contributed by atoms with E-state index in [0.717, 1.165) is 25.9 Å². The Morgan fingerprint density at radius 1 is 1.43 bits per heavy atom. The van der Waals surface area contributed by atoms with Gasteiger partial charge in [0.25, 0.3) is 5.91 Å². The van der Waals surface area contributed by atoms with Gasteiger partial charge < -0.3 is 20.5 Å². The molecule has 0 radical (unpaired) electrons. The first-order valence-corrected chi connectivity index (χ1v) is 7.47. The van der Waals surface area contributed by atoms with Crippen molar-refractivity contribution in [3.8, 4) is 0 Å². The molecule has 2 amide bonds. The topological polar surface area (TPSA) is 80.4 Å². The average Bonchev–Trinajstić information content (AvgIpc) is 2.94. The van der Waals surface area contributed by atoms with Crippen LogP contribution in [-0.2, 0) is 4.79 Å². The number of amides is 2. The standard InChI is InChI=1S/C15H24N4O2/c1-11(2)18-9-3-4-13(18)15(21)19(10-14(16)20)12-5-7-17-8-6-12/h3-4,9,11-12,17H,5-8,10H2,1-2H3,(H2,16,20). The highest BCUT2D eigenvalue weighted by Crippen LogP contribution is 2.18. The van der Waals surface area contributed by atoms with Crippen molar-refractivity contribution in [3.63, 3.8) is 0 Å². The Balaban J connectivity index is 2.24. The molecule has 0 aliphatic carbocycles. The van der Waals surface area contributed by atoms with E-state index in [1.54, 1.807) is 11.0 Å². The van der Waals surface area contributed by atoms with Crippen LogP contribution in [0.5, 0.6) is 0 Å². The number of piperidine rings is 1. The molecular weight excluding hydrogens is 268 g/mol. The number of nitrogens with one attached hydrogen (secondary N) is 1. The van der Waals surface area contributed by atoms with E-state index in [0.29, 0.717) is 5.69 Å². The van der Waals surface area contributed by atoms with Gasteiger partial charge in [0.05, 0.1) is 6.54 Å². The van der Waals surface area contributed by atoms with Crippen molar-refractivity contribution in [1.82, 2.24) is 14.8 Å². The van der Waals surface area contributed by atoms with E-state index in [4.69, 9.17) is 5.73 Å². The summed E-state index contributed by atoms with van der Waals surface area (Å²) < 4.78 is 1.93. The summed E-state index contributed by atoms with van der Waals surface area (Å²) in [5, 5.41) is 3.27. The highest BCUT2D eigenvalue weighted by atomic mass is 16.2.